The highest BCUT2D eigenvalue weighted by Gasteiger charge is 2.31. The molecule has 0 spiro atoms. The number of carbonyl (C=O) groups is 1. The third-order valence-electron chi connectivity index (χ3n) is 4.50. The molecule has 0 saturated heterocycles. The first-order chi connectivity index (χ1) is 11.1. The van der Waals surface area contributed by atoms with Crippen LogP contribution in [0.4, 0.5) is 5.69 Å². The van der Waals surface area contributed by atoms with Gasteiger partial charge >= 0.3 is 0 Å². The predicted octanol–water partition coefficient (Wildman–Crippen LogP) is 3.27. The lowest BCUT2D eigenvalue weighted by molar-refractivity contribution is -0.122. The maximum Gasteiger partial charge on any atom is 0.227 e. The lowest BCUT2D eigenvalue weighted by atomic mass is 9.82. The third kappa shape index (κ3) is 3.45. The average molecular weight is 314 g/mol. The maximum absolute atomic E-state index is 12.4. The molecule has 1 aromatic heterocycles. The van der Waals surface area contributed by atoms with Gasteiger partial charge in [-0.1, -0.05) is 19.3 Å². The van der Waals surface area contributed by atoms with Crippen LogP contribution >= 0.6 is 0 Å². The number of methoxy groups -OCH3 is 1. The number of pyridine rings is 1. The van der Waals surface area contributed by atoms with Gasteiger partial charge < -0.3 is 15.2 Å². The van der Waals surface area contributed by atoms with Gasteiger partial charge in [-0.3, -0.25) is 9.78 Å². The molecular formula is C18H22N2O3. The molecule has 23 heavy (non-hydrogen) atoms. The highest BCUT2D eigenvalue weighted by molar-refractivity contribution is 6.03. The van der Waals surface area contributed by atoms with Crippen molar-refractivity contribution in [3.05, 3.63) is 30.5 Å². The summed E-state index contributed by atoms with van der Waals surface area (Å²) in [4.78, 5) is 16.7. The number of rotatable bonds is 4. The fourth-order valence-electron chi connectivity index (χ4n) is 3.30. The maximum atomic E-state index is 12.4. The molecule has 5 nitrogen and oxygen atoms in total. The molecule has 5 heteroatoms. The van der Waals surface area contributed by atoms with Crippen LogP contribution in [0.5, 0.6) is 5.75 Å². The van der Waals surface area contributed by atoms with Gasteiger partial charge in [0.05, 0.1) is 24.8 Å². The topological polar surface area (TPSA) is 71.5 Å². The lowest BCUT2D eigenvalue weighted by Crippen LogP contribution is -2.35. The van der Waals surface area contributed by atoms with E-state index in [-0.39, 0.29) is 12.3 Å². The summed E-state index contributed by atoms with van der Waals surface area (Å²) in [6.45, 7) is 0. The van der Waals surface area contributed by atoms with Crippen molar-refractivity contribution in [3.63, 3.8) is 0 Å². The van der Waals surface area contributed by atoms with Crippen LogP contribution < -0.4 is 10.1 Å². The summed E-state index contributed by atoms with van der Waals surface area (Å²) in [5.74, 6) is 0.509. The minimum Gasteiger partial charge on any atom is -0.494 e. The van der Waals surface area contributed by atoms with Gasteiger partial charge in [-0.15, -0.1) is 0 Å². The number of ether oxygens (including phenoxy) is 1. The van der Waals surface area contributed by atoms with Crippen molar-refractivity contribution in [2.45, 2.75) is 44.1 Å². The standard InChI is InChI=1S/C18H22N2O3/c1-23-15-8-7-14(13-6-5-11-19-17(13)15)20-16(21)12-18(22)9-3-2-4-10-18/h5-8,11,22H,2-4,9-10,12H2,1H3,(H,20,21). The first-order valence-corrected chi connectivity index (χ1v) is 8.05. The van der Waals surface area contributed by atoms with Gasteiger partial charge in [0.25, 0.3) is 0 Å². The smallest absolute Gasteiger partial charge is 0.227 e. The lowest BCUT2D eigenvalue weighted by Gasteiger charge is -2.31. The Hall–Kier alpha value is -2.14. The molecule has 1 fully saturated rings. The number of aromatic nitrogens is 1. The van der Waals surface area contributed by atoms with Crippen LogP contribution in [0.25, 0.3) is 10.9 Å². The van der Waals surface area contributed by atoms with Crippen molar-refractivity contribution >= 4 is 22.5 Å². The number of benzene rings is 1. The first kappa shape index (κ1) is 15.7. The Morgan fingerprint density at radius 3 is 2.83 bits per heavy atom. The second-order valence-electron chi connectivity index (χ2n) is 6.22. The monoisotopic (exact) mass is 314 g/mol. The number of nitrogens with one attached hydrogen (secondary N) is 1. The number of hydrogen-bond acceptors (Lipinski definition) is 4. The molecule has 0 unspecified atom stereocenters. The molecule has 1 aliphatic rings. The van der Waals surface area contributed by atoms with E-state index in [9.17, 15) is 9.90 Å². The molecule has 2 N–H and O–H groups in total. The van der Waals surface area contributed by atoms with E-state index in [1.165, 1.54) is 0 Å². The van der Waals surface area contributed by atoms with Gasteiger partial charge in [0, 0.05) is 11.6 Å². The van der Waals surface area contributed by atoms with E-state index in [4.69, 9.17) is 4.74 Å². The summed E-state index contributed by atoms with van der Waals surface area (Å²) in [5.41, 5.74) is 0.547. The molecule has 0 aliphatic heterocycles. The summed E-state index contributed by atoms with van der Waals surface area (Å²) in [6.07, 6.45) is 6.34. The molecule has 1 saturated carbocycles. The molecule has 3 rings (SSSR count). The second-order valence-corrected chi connectivity index (χ2v) is 6.22. The van der Waals surface area contributed by atoms with Gasteiger partial charge in [-0.2, -0.15) is 0 Å². The Morgan fingerprint density at radius 1 is 1.30 bits per heavy atom. The van der Waals surface area contributed by atoms with Crippen molar-refractivity contribution < 1.29 is 14.6 Å². The SMILES string of the molecule is COc1ccc(NC(=O)CC2(O)CCCCC2)c2cccnc12. The Kier molecular flexibility index (Phi) is 4.48. The molecule has 0 bridgehead atoms. The van der Waals surface area contributed by atoms with Crippen LogP contribution in [0, 0.1) is 0 Å². The van der Waals surface area contributed by atoms with Crippen LogP contribution in [0.2, 0.25) is 0 Å². The van der Waals surface area contributed by atoms with Crippen LogP contribution in [-0.4, -0.2) is 28.7 Å². The Balaban J connectivity index is 1.80. The summed E-state index contributed by atoms with van der Waals surface area (Å²) in [7, 11) is 1.60. The molecule has 2 aromatic rings. The molecular weight excluding hydrogens is 292 g/mol. The van der Waals surface area contributed by atoms with Gasteiger partial charge in [0.15, 0.2) is 0 Å². The van der Waals surface area contributed by atoms with E-state index < -0.39 is 5.60 Å². The van der Waals surface area contributed by atoms with Crippen LogP contribution in [0.1, 0.15) is 38.5 Å². The molecule has 1 aromatic carbocycles. The van der Waals surface area contributed by atoms with Crippen molar-refractivity contribution in [1.29, 1.82) is 0 Å². The fourth-order valence-corrected chi connectivity index (χ4v) is 3.30. The number of anilines is 1. The number of nitrogens with zero attached hydrogens (tertiary/aromatic N) is 1. The van der Waals surface area contributed by atoms with Crippen molar-refractivity contribution in [3.8, 4) is 5.75 Å². The van der Waals surface area contributed by atoms with Crippen molar-refractivity contribution in [2.75, 3.05) is 12.4 Å². The van der Waals surface area contributed by atoms with E-state index in [1.54, 1.807) is 19.4 Å². The van der Waals surface area contributed by atoms with E-state index in [0.717, 1.165) is 24.6 Å². The van der Waals surface area contributed by atoms with Gasteiger partial charge in [-0.05, 0) is 37.1 Å². The largest absolute Gasteiger partial charge is 0.494 e. The van der Waals surface area contributed by atoms with Crippen molar-refractivity contribution in [1.82, 2.24) is 4.98 Å². The number of amides is 1. The number of fused-ring (bicyclic) bond motifs is 1. The van der Waals surface area contributed by atoms with Gasteiger partial charge in [0.1, 0.15) is 11.3 Å². The number of carbonyl (C=O) groups excluding carboxylic acids is 1. The van der Waals surface area contributed by atoms with Crippen LogP contribution in [0.3, 0.4) is 0 Å². The van der Waals surface area contributed by atoms with Crippen molar-refractivity contribution in [2.24, 2.45) is 0 Å². The third-order valence-corrected chi connectivity index (χ3v) is 4.50. The quantitative estimate of drug-likeness (QED) is 0.908. The molecule has 122 valence electrons. The molecule has 0 radical (unpaired) electrons. The van der Waals surface area contributed by atoms with Crippen LogP contribution in [0.15, 0.2) is 30.5 Å². The predicted molar refractivity (Wildman–Crippen MR) is 89.6 cm³/mol. The Morgan fingerprint density at radius 2 is 2.09 bits per heavy atom. The second kappa shape index (κ2) is 6.54. The summed E-state index contributed by atoms with van der Waals surface area (Å²) in [6, 6.07) is 7.33. The zero-order valence-electron chi connectivity index (χ0n) is 13.3. The van der Waals surface area contributed by atoms with E-state index in [0.29, 0.717) is 29.8 Å². The van der Waals surface area contributed by atoms with E-state index in [1.807, 2.05) is 18.2 Å². The molecule has 1 amide bonds. The number of hydrogen-bond donors (Lipinski definition) is 2. The zero-order chi connectivity index (χ0) is 16.3. The number of aliphatic hydroxyl groups is 1. The highest BCUT2D eigenvalue weighted by atomic mass is 16.5. The average Bonchev–Trinajstić information content (AvgIpc) is 2.55. The summed E-state index contributed by atoms with van der Waals surface area (Å²) >= 11 is 0. The zero-order valence-corrected chi connectivity index (χ0v) is 13.3. The molecule has 1 aliphatic carbocycles. The van der Waals surface area contributed by atoms with Crippen LogP contribution in [-0.2, 0) is 4.79 Å². The molecule has 1 heterocycles. The first-order valence-electron chi connectivity index (χ1n) is 8.05. The van der Waals surface area contributed by atoms with Gasteiger partial charge in [-0.25, -0.2) is 0 Å². The Bertz CT molecular complexity index is 708. The summed E-state index contributed by atoms with van der Waals surface area (Å²) in [5, 5.41) is 14.3. The van der Waals surface area contributed by atoms with E-state index >= 15 is 0 Å². The summed E-state index contributed by atoms with van der Waals surface area (Å²) < 4.78 is 5.31. The minimum atomic E-state index is -0.858. The van der Waals surface area contributed by atoms with E-state index in [2.05, 4.69) is 10.3 Å². The Labute approximate surface area is 135 Å². The minimum absolute atomic E-state index is 0.140. The highest BCUT2D eigenvalue weighted by Crippen LogP contribution is 2.33. The fraction of sp³-hybridized carbons (Fsp3) is 0.444. The van der Waals surface area contributed by atoms with Gasteiger partial charge in [0.2, 0.25) is 5.91 Å². The molecule has 0 atom stereocenters. The normalized spacial score (nSPS) is 17.0.